The van der Waals surface area contributed by atoms with Crippen molar-refractivity contribution in [2.75, 3.05) is 7.11 Å². The Labute approximate surface area is 132 Å². The number of alkyl halides is 1. The van der Waals surface area contributed by atoms with Crippen molar-refractivity contribution in [3.63, 3.8) is 0 Å². The van der Waals surface area contributed by atoms with Gasteiger partial charge in [-0.05, 0) is 20.8 Å². The van der Waals surface area contributed by atoms with Crippen LogP contribution in [-0.2, 0) is 23.9 Å². The van der Waals surface area contributed by atoms with E-state index in [-0.39, 0.29) is 0 Å². The third-order valence-electron chi connectivity index (χ3n) is 3.92. The van der Waals surface area contributed by atoms with E-state index in [0.29, 0.717) is 0 Å². The summed E-state index contributed by atoms with van der Waals surface area (Å²) in [7, 11) is 1.15. The second kappa shape index (κ2) is 6.31. The number of aliphatic hydroxyl groups excluding tert-OH is 1. The molecule has 1 unspecified atom stereocenters. The van der Waals surface area contributed by atoms with E-state index < -0.39 is 52.4 Å². The number of ether oxygens (including phenoxy) is 2. The first kappa shape index (κ1) is 19.1. The molecule has 1 aliphatic heterocycles. The number of ketones is 3. The summed E-state index contributed by atoms with van der Waals surface area (Å²) < 4.78 is 10.1. The minimum atomic E-state index is -2.91. The molecule has 0 spiro atoms. The normalized spacial score (nSPS) is 40.1. The quantitative estimate of drug-likeness (QED) is 0.519. The van der Waals surface area contributed by atoms with Crippen molar-refractivity contribution in [2.45, 2.75) is 55.8 Å². The van der Waals surface area contributed by atoms with Crippen LogP contribution in [-0.4, -0.2) is 74.9 Å². The summed E-state index contributed by atoms with van der Waals surface area (Å²) in [6.45, 7) is 2.79. The Kier molecular flexibility index (Phi) is 5.49. The van der Waals surface area contributed by atoms with Crippen molar-refractivity contribution in [3.8, 4) is 0 Å². The van der Waals surface area contributed by atoms with E-state index in [1.807, 2.05) is 0 Å². The van der Waals surface area contributed by atoms with Gasteiger partial charge in [-0.15, -0.1) is 11.6 Å². The molecule has 0 aromatic rings. The SMILES string of the molecule is CO[C@H]1O[C@H](C(O)C(C)=O)[C@](O)(C(C)=O)[C@@](O)(C(C)=O)[C@H]1Cl. The van der Waals surface area contributed by atoms with Crippen molar-refractivity contribution in [3.05, 3.63) is 0 Å². The molecule has 0 aromatic heterocycles. The number of Topliss-reactive ketones (excluding diaryl/α,β-unsaturated/α-hetero) is 3. The molecule has 1 rings (SSSR count). The van der Waals surface area contributed by atoms with Crippen LogP contribution in [0.4, 0.5) is 0 Å². The highest BCUT2D eigenvalue weighted by Crippen LogP contribution is 2.43. The molecule has 1 fully saturated rings. The van der Waals surface area contributed by atoms with Crippen LogP contribution in [0.2, 0.25) is 0 Å². The van der Waals surface area contributed by atoms with Crippen LogP contribution in [0.5, 0.6) is 0 Å². The molecular weight excluding hydrogens is 320 g/mol. The van der Waals surface area contributed by atoms with E-state index >= 15 is 0 Å². The van der Waals surface area contributed by atoms with Crippen molar-refractivity contribution < 1.29 is 39.2 Å². The number of carbonyl (C=O) groups excluding carboxylic acids is 3. The van der Waals surface area contributed by atoms with E-state index in [1.165, 1.54) is 0 Å². The lowest BCUT2D eigenvalue weighted by molar-refractivity contribution is -0.304. The van der Waals surface area contributed by atoms with Gasteiger partial charge in [-0.1, -0.05) is 0 Å². The van der Waals surface area contributed by atoms with Gasteiger partial charge in [0.25, 0.3) is 0 Å². The van der Waals surface area contributed by atoms with Crippen LogP contribution in [0.15, 0.2) is 0 Å². The predicted molar refractivity (Wildman–Crippen MR) is 73.3 cm³/mol. The van der Waals surface area contributed by atoms with Gasteiger partial charge < -0.3 is 24.8 Å². The zero-order chi connectivity index (χ0) is 17.5. The second-order valence-corrected chi connectivity index (χ2v) is 5.73. The van der Waals surface area contributed by atoms with Crippen LogP contribution < -0.4 is 0 Å². The number of aliphatic hydroxyl groups is 3. The van der Waals surface area contributed by atoms with Crippen molar-refractivity contribution in [1.29, 1.82) is 0 Å². The predicted octanol–water partition coefficient (Wildman–Crippen LogP) is -1.44. The van der Waals surface area contributed by atoms with Gasteiger partial charge in [-0.2, -0.15) is 0 Å². The summed E-state index contributed by atoms with van der Waals surface area (Å²) in [6, 6.07) is 0. The molecule has 9 heteroatoms. The minimum absolute atomic E-state index is 0.835. The van der Waals surface area contributed by atoms with E-state index in [1.54, 1.807) is 0 Å². The Morgan fingerprint density at radius 2 is 1.59 bits per heavy atom. The molecule has 22 heavy (non-hydrogen) atoms. The first-order chi connectivity index (χ1) is 9.96. The molecular formula is C13H19ClO8. The fraction of sp³-hybridized carbons (Fsp3) is 0.769. The monoisotopic (exact) mass is 338 g/mol. The highest BCUT2D eigenvalue weighted by molar-refractivity contribution is 6.25. The van der Waals surface area contributed by atoms with Crippen molar-refractivity contribution in [1.82, 2.24) is 0 Å². The van der Waals surface area contributed by atoms with Gasteiger partial charge in [0.1, 0.15) is 17.6 Å². The van der Waals surface area contributed by atoms with Crippen LogP contribution in [0, 0.1) is 0 Å². The van der Waals surface area contributed by atoms with Gasteiger partial charge in [0.2, 0.25) is 0 Å². The van der Waals surface area contributed by atoms with E-state index in [0.717, 1.165) is 27.9 Å². The summed E-state index contributed by atoms with van der Waals surface area (Å²) in [6.07, 6.45) is -5.33. The zero-order valence-electron chi connectivity index (χ0n) is 12.6. The Bertz CT molecular complexity index is 494. The molecule has 3 N–H and O–H groups in total. The molecule has 0 bridgehead atoms. The van der Waals surface area contributed by atoms with Crippen molar-refractivity contribution >= 4 is 29.0 Å². The van der Waals surface area contributed by atoms with Gasteiger partial charge in [0.05, 0.1) is 0 Å². The van der Waals surface area contributed by atoms with Crippen molar-refractivity contribution in [2.24, 2.45) is 0 Å². The van der Waals surface area contributed by atoms with Crippen LogP contribution in [0.25, 0.3) is 0 Å². The average Bonchev–Trinajstić information content (AvgIpc) is 2.43. The third kappa shape index (κ3) is 2.49. The number of hydrogen-bond acceptors (Lipinski definition) is 8. The molecule has 8 nitrogen and oxygen atoms in total. The molecule has 6 atom stereocenters. The van der Waals surface area contributed by atoms with Gasteiger partial charge in [-0.25, -0.2) is 0 Å². The highest BCUT2D eigenvalue weighted by Gasteiger charge is 2.71. The summed E-state index contributed by atoms with van der Waals surface area (Å²) in [5.74, 6) is -2.95. The van der Waals surface area contributed by atoms with Gasteiger partial charge in [0.15, 0.2) is 34.8 Å². The smallest absolute Gasteiger partial charge is 0.189 e. The molecule has 0 amide bonds. The minimum Gasteiger partial charge on any atom is -0.382 e. The van der Waals surface area contributed by atoms with E-state index in [9.17, 15) is 29.7 Å². The second-order valence-electron chi connectivity index (χ2n) is 5.26. The fourth-order valence-corrected chi connectivity index (χ4v) is 3.04. The Balaban J connectivity index is 3.59. The molecule has 126 valence electrons. The number of halogens is 1. The summed E-state index contributed by atoms with van der Waals surface area (Å²) >= 11 is 5.96. The van der Waals surface area contributed by atoms with E-state index in [2.05, 4.69) is 0 Å². The average molecular weight is 339 g/mol. The number of methoxy groups -OCH3 is 1. The zero-order valence-corrected chi connectivity index (χ0v) is 13.3. The maximum Gasteiger partial charge on any atom is 0.189 e. The van der Waals surface area contributed by atoms with Gasteiger partial charge >= 0.3 is 0 Å². The van der Waals surface area contributed by atoms with Crippen LogP contribution >= 0.6 is 11.6 Å². The first-order valence-corrected chi connectivity index (χ1v) is 6.87. The number of rotatable bonds is 5. The Morgan fingerprint density at radius 3 is 1.91 bits per heavy atom. The Morgan fingerprint density at radius 1 is 1.14 bits per heavy atom. The maximum absolute atomic E-state index is 12.0. The molecule has 0 aromatic carbocycles. The largest absolute Gasteiger partial charge is 0.382 e. The lowest BCUT2D eigenvalue weighted by Crippen LogP contribution is -2.80. The van der Waals surface area contributed by atoms with Crippen LogP contribution in [0.3, 0.4) is 0 Å². The summed E-state index contributed by atoms with van der Waals surface area (Å²) in [5, 5.41) is 29.7. The summed E-state index contributed by atoms with van der Waals surface area (Å²) in [5.41, 5.74) is -5.72. The molecule has 1 saturated heterocycles. The Hall–Kier alpha value is -0.900. The molecule has 1 heterocycles. The number of carbonyl (C=O) groups is 3. The summed E-state index contributed by atoms with van der Waals surface area (Å²) in [4.78, 5) is 35.3. The first-order valence-electron chi connectivity index (χ1n) is 6.43. The third-order valence-corrected chi connectivity index (χ3v) is 4.44. The standard InChI is InChI=1S/C13H19ClO8/c1-5(15)8(18)10-13(20,7(3)17)12(19,6(2)16)9(14)11(21-4)22-10/h8-11,18-20H,1-4H3/t8?,9-,10+,11-,12+,13+/m0/s1. The van der Waals surface area contributed by atoms with Gasteiger partial charge in [0, 0.05) is 7.11 Å². The highest BCUT2D eigenvalue weighted by atomic mass is 35.5. The lowest BCUT2D eigenvalue weighted by Gasteiger charge is -2.53. The van der Waals surface area contributed by atoms with Crippen LogP contribution in [0.1, 0.15) is 20.8 Å². The molecule has 0 aliphatic carbocycles. The topological polar surface area (TPSA) is 130 Å². The maximum atomic E-state index is 12.0. The van der Waals surface area contributed by atoms with E-state index in [4.69, 9.17) is 21.1 Å². The molecule has 1 aliphatic rings. The lowest BCUT2D eigenvalue weighted by atomic mass is 9.68. The number of hydrogen-bond donors (Lipinski definition) is 3. The molecule has 0 saturated carbocycles. The fourth-order valence-electron chi connectivity index (χ4n) is 2.56. The van der Waals surface area contributed by atoms with Gasteiger partial charge in [-0.3, -0.25) is 14.4 Å². The molecule has 0 radical (unpaired) electrons.